The maximum absolute atomic E-state index is 11.6. The van der Waals surface area contributed by atoms with Crippen molar-refractivity contribution in [1.29, 1.82) is 0 Å². The van der Waals surface area contributed by atoms with E-state index in [1.807, 2.05) is 19.9 Å². The summed E-state index contributed by atoms with van der Waals surface area (Å²) in [6.45, 7) is 7.31. The summed E-state index contributed by atoms with van der Waals surface area (Å²) in [6.07, 6.45) is 0.980. The van der Waals surface area contributed by atoms with Crippen molar-refractivity contribution in [2.45, 2.75) is 33.7 Å². The Labute approximate surface area is 84.3 Å². The van der Waals surface area contributed by atoms with E-state index in [2.05, 4.69) is 17.3 Å². The average molecular weight is 195 g/mol. The van der Waals surface area contributed by atoms with Crippen molar-refractivity contribution in [1.82, 2.24) is 15.1 Å². The Kier molecular flexibility index (Phi) is 3.68. The largest absolute Gasteiger partial charge is 0.351 e. The molecule has 0 aliphatic rings. The predicted octanol–water partition coefficient (Wildman–Crippen LogP) is 1.35. The maximum atomic E-state index is 11.6. The van der Waals surface area contributed by atoms with Crippen molar-refractivity contribution in [2.24, 2.45) is 0 Å². The van der Waals surface area contributed by atoms with Gasteiger partial charge in [0.2, 0.25) is 0 Å². The van der Waals surface area contributed by atoms with Crippen LogP contribution in [-0.2, 0) is 6.54 Å². The van der Waals surface area contributed by atoms with Crippen LogP contribution in [0.4, 0.5) is 0 Å². The number of carbonyl (C=O) groups is 1. The lowest BCUT2D eigenvalue weighted by atomic mass is 10.3. The number of carbonyl (C=O) groups excluding carboxylic acids is 1. The van der Waals surface area contributed by atoms with Gasteiger partial charge in [-0.25, -0.2) is 0 Å². The fourth-order valence-electron chi connectivity index (χ4n) is 1.36. The molecule has 0 radical (unpaired) electrons. The van der Waals surface area contributed by atoms with Gasteiger partial charge < -0.3 is 5.32 Å². The second-order valence-electron chi connectivity index (χ2n) is 3.25. The molecule has 0 bridgehead atoms. The Bertz CT molecular complexity index is 317. The highest BCUT2D eigenvalue weighted by Crippen LogP contribution is 2.04. The molecular weight excluding hydrogens is 178 g/mol. The highest BCUT2D eigenvalue weighted by atomic mass is 16.2. The van der Waals surface area contributed by atoms with Crippen molar-refractivity contribution >= 4 is 5.91 Å². The van der Waals surface area contributed by atoms with Gasteiger partial charge in [-0.05, 0) is 26.3 Å². The molecule has 1 heterocycles. The number of rotatable bonds is 4. The molecule has 0 saturated carbocycles. The van der Waals surface area contributed by atoms with E-state index >= 15 is 0 Å². The predicted molar refractivity (Wildman–Crippen MR) is 55.3 cm³/mol. The third kappa shape index (κ3) is 2.34. The monoisotopic (exact) mass is 195 g/mol. The number of hydrogen-bond acceptors (Lipinski definition) is 2. The zero-order chi connectivity index (χ0) is 10.6. The normalized spacial score (nSPS) is 10.2. The van der Waals surface area contributed by atoms with Crippen LogP contribution in [0.3, 0.4) is 0 Å². The first-order valence-electron chi connectivity index (χ1n) is 5.01. The molecule has 0 unspecified atom stereocenters. The van der Waals surface area contributed by atoms with E-state index in [-0.39, 0.29) is 5.91 Å². The number of hydrogen-bond donors (Lipinski definition) is 1. The summed E-state index contributed by atoms with van der Waals surface area (Å²) in [4.78, 5) is 11.6. The second-order valence-corrected chi connectivity index (χ2v) is 3.25. The second kappa shape index (κ2) is 4.79. The van der Waals surface area contributed by atoms with Gasteiger partial charge in [0.05, 0.1) is 5.69 Å². The highest BCUT2D eigenvalue weighted by molar-refractivity contribution is 5.92. The molecule has 78 valence electrons. The molecule has 1 rings (SSSR count). The van der Waals surface area contributed by atoms with Crippen LogP contribution >= 0.6 is 0 Å². The summed E-state index contributed by atoms with van der Waals surface area (Å²) in [5.41, 5.74) is 1.55. The Balaban J connectivity index is 2.88. The molecule has 1 aromatic heterocycles. The number of nitrogens with zero attached hydrogens (tertiary/aromatic N) is 2. The number of aromatic nitrogens is 2. The molecule has 0 fully saturated rings. The fraction of sp³-hybridized carbons (Fsp3) is 0.600. The SMILES string of the molecule is CCCn1nc(C)cc1C(=O)NCC. The molecular formula is C10H17N3O. The standard InChI is InChI=1S/C10H17N3O/c1-4-6-13-9(7-8(3)12-13)10(14)11-5-2/h7H,4-6H2,1-3H3,(H,11,14). The van der Waals surface area contributed by atoms with Crippen LogP contribution in [0.5, 0.6) is 0 Å². The van der Waals surface area contributed by atoms with Crippen molar-refractivity contribution in [3.05, 3.63) is 17.5 Å². The molecule has 4 nitrogen and oxygen atoms in total. The number of amides is 1. The number of nitrogens with one attached hydrogen (secondary N) is 1. The third-order valence-electron chi connectivity index (χ3n) is 1.91. The molecule has 0 aliphatic carbocycles. The fourth-order valence-corrected chi connectivity index (χ4v) is 1.36. The molecule has 14 heavy (non-hydrogen) atoms. The first kappa shape index (κ1) is 10.8. The highest BCUT2D eigenvalue weighted by Gasteiger charge is 2.11. The van der Waals surface area contributed by atoms with Gasteiger partial charge in [-0.1, -0.05) is 6.92 Å². The van der Waals surface area contributed by atoms with Crippen LogP contribution in [-0.4, -0.2) is 22.2 Å². The first-order chi connectivity index (χ1) is 6.69. The van der Waals surface area contributed by atoms with Crippen LogP contribution < -0.4 is 5.32 Å². The molecule has 4 heteroatoms. The summed E-state index contributed by atoms with van der Waals surface area (Å²) in [6, 6.07) is 1.82. The summed E-state index contributed by atoms with van der Waals surface area (Å²) in [5, 5.41) is 7.03. The van der Waals surface area contributed by atoms with E-state index in [9.17, 15) is 4.79 Å². The minimum absolute atomic E-state index is 0.0402. The molecule has 0 aromatic carbocycles. The third-order valence-corrected chi connectivity index (χ3v) is 1.91. The van der Waals surface area contributed by atoms with Crippen molar-refractivity contribution in [3.63, 3.8) is 0 Å². The summed E-state index contributed by atoms with van der Waals surface area (Å²) in [7, 11) is 0. The summed E-state index contributed by atoms with van der Waals surface area (Å²) in [5.74, 6) is -0.0402. The van der Waals surface area contributed by atoms with Crippen LogP contribution in [0.25, 0.3) is 0 Å². The van der Waals surface area contributed by atoms with E-state index in [1.165, 1.54) is 0 Å². The van der Waals surface area contributed by atoms with Crippen molar-refractivity contribution in [3.8, 4) is 0 Å². The molecule has 1 N–H and O–H groups in total. The van der Waals surface area contributed by atoms with Crippen LogP contribution in [0.2, 0.25) is 0 Å². The first-order valence-corrected chi connectivity index (χ1v) is 5.01. The Morgan fingerprint density at radius 3 is 2.86 bits per heavy atom. The van der Waals surface area contributed by atoms with E-state index < -0.39 is 0 Å². The van der Waals surface area contributed by atoms with Gasteiger partial charge in [-0.3, -0.25) is 9.48 Å². The minimum Gasteiger partial charge on any atom is -0.351 e. The average Bonchev–Trinajstić information content (AvgIpc) is 2.48. The molecule has 0 spiro atoms. The lowest BCUT2D eigenvalue weighted by Crippen LogP contribution is -2.25. The minimum atomic E-state index is -0.0402. The zero-order valence-electron chi connectivity index (χ0n) is 9.00. The van der Waals surface area contributed by atoms with Gasteiger partial charge >= 0.3 is 0 Å². The van der Waals surface area contributed by atoms with Crippen LogP contribution in [0.15, 0.2) is 6.07 Å². The maximum Gasteiger partial charge on any atom is 0.269 e. The topological polar surface area (TPSA) is 46.9 Å². The van der Waals surface area contributed by atoms with Crippen molar-refractivity contribution < 1.29 is 4.79 Å². The zero-order valence-corrected chi connectivity index (χ0v) is 9.00. The Hall–Kier alpha value is -1.32. The molecule has 1 aromatic rings. The van der Waals surface area contributed by atoms with E-state index in [1.54, 1.807) is 4.68 Å². The van der Waals surface area contributed by atoms with Gasteiger partial charge in [0.1, 0.15) is 5.69 Å². The smallest absolute Gasteiger partial charge is 0.269 e. The quantitative estimate of drug-likeness (QED) is 0.788. The van der Waals surface area contributed by atoms with Gasteiger partial charge in [-0.15, -0.1) is 0 Å². The van der Waals surface area contributed by atoms with E-state index in [4.69, 9.17) is 0 Å². The van der Waals surface area contributed by atoms with Crippen LogP contribution in [0.1, 0.15) is 36.5 Å². The lowest BCUT2D eigenvalue weighted by Gasteiger charge is -2.04. The van der Waals surface area contributed by atoms with Gasteiger partial charge in [-0.2, -0.15) is 5.10 Å². The van der Waals surface area contributed by atoms with Gasteiger partial charge in [0, 0.05) is 13.1 Å². The summed E-state index contributed by atoms with van der Waals surface area (Å²) < 4.78 is 1.76. The Morgan fingerprint density at radius 2 is 2.29 bits per heavy atom. The summed E-state index contributed by atoms with van der Waals surface area (Å²) >= 11 is 0. The molecule has 0 saturated heterocycles. The van der Waals surface area contributed by atoms with Gasteiger partial charge in [0.25, 0.3) is 5.91 Å². The molecule has 1 amide bonds. The van der Waals surface area contributed by atoms with E-state index in [0.717, 1.165) is 18.7 Å². The lowest BCUT2D eigenvalue weighted by molar-refractivity contribution is 0.0945. The van der Waals surface area contributed by atoms with Gasteiger partial charge in [0.15, 0.2) is 0 Å². The Morgan fingerprint density at radius 1 is 1.57 bits per heavy atom. The molecule has 0 atom stereocenters. The number of aryl methyl sites for hydroxylation is 2. The van der Waals surface area contributed by atoms with Crippen LogP contribution in [0, 0.1) is 6.92 Å². The van der Waals surface area contributed by atoms with E-state index in [0.29, 0.717) is 12.2 Å². The van der Waals surface area contributed by atoms with Crippen molar-refractivity contribution in [2.75, 3.05) is 6.54 Å². The molecule has 0 aliphatic heterocycles.